The van der Waals surface area contributed by atoms with Gasteiger partial charge in [-0.25, -0.2) is 4.79 Å². The minimum Gasteiger partial charge on any atom is -0.466 e. The molecule has 0 aromatic rings. The van der Waals surface area contributed by atoms with E-state index >= 15 is 0 Å². The summed E-state index contributed by atoms with van der Waals surface area (Å²) in [6, 6.07) is 0. The highest BCUT2D eigenvalue weighted by Crippen LogP contribution is 2.34. The molecule has 3 nitrogen and oxygen atoms in total. The van der Waals surface area contributed by atoms with Crippen LogP contribution < -0.4 is 5.32 Å². The van der Waals surface area contributed by atoms with Crippen LogP contribution in [0, 0.1) is 5.92 Å². The maximum atomic E-state index is 11.4. The lowest BCUT2D eigenvalue weighted by Gasteiger charge is -2.46. The summed E-state index contributed by atoms with van der Waals surface area (Å²) in [5.74, 6) is 0.208. The third-order valence-corrected chi connectivity index (χ3v) is 3.21. The number of allylic oxidation sites excluding steroid dienone is 1. The van der Waals surface area contributed by atoms with Crippen molar-refractivity contribution >= 4 is 5.97 Å². The Labute approximate surface area is 105 Å². The standard InChI is InChI=1S/C14H25NO2/c1-10(12(16)17-6)7-11-8-13(2,3)15-14(4,5)9-11/h7,11,15H,8-9H2,1-6H3. The lowest BCUT2D eigenvalue weighted by Crippen LogP contribution is -2.57. The highest BCUT2D eigenvalue weighted by molar-refractivity contribution is 5.87. The van der Waals surface area contributed by atoms with Crippen LogP contribution >= 0.6 is 0 Å². The fourth-order valence-corrected chi connectivity index (χ4v) is 3.10. The Morgan fingerprint density at radius 3 is 2.12 bits per heavy atom. The number of piperidine rings is 1. The number of methoxy groups -OCH3 is 1. The summed E-state index contributed by atoms with van der Waals surface area (Å²) in [5, 5.41) is 3.63. The second kappa shape index (κ2) is 4.81. The van der Waals surface area contributed by atoms with Crippen LogP contribution in [0.25, 0.3) is 0 Å². The fourth-order valence-electron chi connectivity index (χ4n) is 3.10. The minimum absolute atomic E-state index is 0.110. The molecule has 0 spiro atoms. The molecule has 98 valence electrons. The summed E-state index contributed by atoms with van der Waals surface area (Å²) >= 11 is 0. The van der Waals surface area contributed by atoms with E-state index in [4.69, 9.17) is 4.74 Å². The van der Waals surface area contributed by atoms with Crippen molar-refractivity contribution in [2.45, 2.75) is 58.5 Å². The molecule has 1 aliphatic heterocycles. The van der Waals surface area contributed by atoms with Crippen molar-refractivity contribution < 1.29 is 9.53 Å². The SMILES string of the molecule is COC(=O)C(C)=CC1CC(C)(C)NC(C)(C)C1. The third kappa shape index (κ3) is 4.15. The van der Waals surface area contributed by atoms with Crippen LogP contribution in [0.4, 0.5) is 0 Å². The molecule has 1 saturated heterocycles. The Hall–Kier alpha value is -0.830. The average Bonchev–Trinajstić information content (AvgIpc) is 2.11. The molecule has 0 unspecified atom stereocenters. The van der Waals surface area contributed by atoms with Gasteiger partial charge in [0.05, 0.1) is 7.11 Å². The summed E-state index contributed by atoms with van der Waals surface area (Å²) in [7, 11) is 1.43. The van der Waals surface area contributed by atoms with Crippen LogP contribution in [0.2, 0.25) is 0 Å². The molecule has 3 heteroatoms. The predicted molar refractivity (Wildman–Crippen MR) is 69.8 cm³/mol. The molecule has 0 radical (unpaired) electrons. The van der Waals surface area contributed by atoms with Crippen molar-refractivity contribution in [3.05, 3.63) is 11.6 Å². The quantitative estimate of drug-likeness (QED) is 0.594. The van der Waals surface area contributed by atoms with Crippen molar-refractivity contribution in [3.8, 4) is 0 Å². The van der Waals surface area contributed by atoms with Crippen molar-refractivity contribution in [1.29, 1.82) is 0 Å². The van der Waals surface area contributed by atoms with Gasteiger partial charge in [0.1, 0.15) is 0 Å². The van der Waals surface area contributed by atoms with Crippen molar-refractivity contribution in [2.24, 2.45) is 5.92 Å². The first kappa shape index (κ1) is 14.2. The number of esters is 1. The van der Waals surface area contributed by atoms with Crippen molar-refractivity contribution in [2.75, 3.05) is 7.11 Å². The third-order valence-electron chi connectivity index (χ3n) is 3.21. The highest BCUT2D eigenvalue weighted by Gasteiger charge is 2.36. The molecule has 1 aliphatic rings. The summed E-state index contributed by atoms with van der Waals surface area (Å²) in [6.07, 6.45) is 4.16. The van der Waals surface area contributed by atoms with E-state index in [0.717, 1.165) is 12.8 Å². The van der Waals surface area contributed by atoms with E-state index in [9.17, 15) is 4.79 Å². The number of ether oxygens (including phenoxy) is 1. The van der Waals surface area contributed by atoms with Gasteiger partial charge in [-0.2, -0.15) is 0 Å². The van der Waals surface area contributed by atoms with Gasteiger partial charge in [-0.15, -0.1) is 0 Å². The topological polar surface area (TPSA) is 38.3 Å². The smallest absolute Gasteiger partial charge is 0.333 e. The van der Waals surface area contributed by atoms with Crippen LogP contribution in [0.5, 0.6) is 0 Å². The zero-order valence-electron chi connectivity index (χ0n) is 11.9. The van der Waals surface area contributed by atoms with E-state index in [1.807, 2.05) is 6.92 Å². The van der Waals surface area contributed by atoms with Gasteiger partial charge in [0.15, 0.2) is 0 Å². The second-order valence-corrected chi connectivity index (χ2v) is 6.40. The molecule has 1 N–H and O–H groups in total. The maximum absolute atomic E-state index is 11.4. The molecule has 0 atom stereocenters. The molecule has 17 heavy (non-hydrogen) atoms. The predicted octanol–water partition coefficient (Wildman–Crippen LogP) is 2.66. The summed E-state index contributed by atoms with van der Waals surface area (Å²) in [5.41, 5.74) is 0.935. The zero-order valence-corrected chi connectivity index (χ0v) is 11.9. The highest BCUT2D eigenvalue weighted by atomic mass is 16.5. The Balaban J connectivity index is 2.82. The van der Waals surface area contributed by atoms with Gasteiger partial charge in [-0.1, -0.05) is 6.08 Å². The average molecular weight is 239 g/mol. The summed E-state index contributed by atoms with van der Waals surface area (Å²) < 4.78 is 4.73. The molecule has 1 heterocycles. The summed E-state index contributed by atoms with van der Waals surface area (Å²) in [4.78, 5) is 11.4. The molecule has 0 saturated carbocycles. The first-order valence-electron chi connectivity index (χ1n) is 6.21. The lowest BCUT2D eigenvalue weighted by molar-refractivity contribution is -0.136. The molecule has 0 aliphatic carbocycles. The molecule has 1 fully saturated rings. The normalized spacial score (nSPS) is 24.5. The van der Waals surface area contributed by atoms with Crippen LogP contribution in [-0.4, -0.2) is 24.2 Å². The Bertz CT molecular complexity index is 313. The monoisotopic (exact) mass is 239 g/mol. The van der Waals surface area contributed by atoms with E-state index in [0.29, 0.717) is 11.5 Å². The first-order chi connectivity index (χ1) is 7.65. The van der Waals surface area contributed by atoms with Gasteiger partial charge in [0, 0.05) is 16.7 Å². The molecule has 0 aromatic heterocycles. The lowest BCUT2D eigenvalue weighted by atomic mass is 9.75. The molecule has 0 bridgehead atoms. The number of rotatable bonds is 2. The summed E-state index contributed by atoms with van der Waals surface area (Å²) in [6.45, 7) is 10.7. The van der Waals surface area contributed by atoms with Gasteiger partial charge in [-0.05, 0) is 53.4 Å². The van der Waals surface area contributed by atoms with Gasteiger partial charge in [0.25, 0.3) is 0 Å². The van der Waals surface area contributed by atoms with E-state index in [2.05, 4.69) is 39.1 Å². The van der Waals surface area contributed by atoms with Gasteiger partial charge in [-0.3, -0.25) is 0 Å². The largest absolute Gasteiger partial charge is 0.466 e. The number of carbonyl (C=O) groups is 1. The first-order valence-corrected chi connectivity index (χ1v) is 6.21. The zero-order chi connectivity index (χ0) is 13.3. The minimum atomic E-state index is -0.223. The van der Waals surface area contributed by atoms with Gasteiger partial charge in [0.2, 0.25) is 0 Å². The van der Waals surface area contributed by atoms with Crippen molar-refractivity contribution in [1.82, 2.24) is 5.32 Å². The van der Waals surface area contributed by atoms with Gasteiger partial charge >= 0.3 is 5.97 Å². The van der Waals surface area contributed by atoms with Crippen LogP contribution in [0.1, 0.15) is 47.5 Å². The van der Waals surface area contributed by atoms with Crippen LogP contribution in [0.3, 0.4) is 0 Å². The van der Waals surface area contributed by atoms with E-state index in [1.165, 1.54) is 7.11 Å². The van der Waals surface area contributed by atoms with Crippen LogP contribution in [-0.2, 0) is 9.53 Å². The fraction of sp³-hybridized carbons (Fsp3) is 0.786. The number of nitrogens with one attached hydrogen (secondary N) is 1. The van der Waals surface area contributed by atoms with Crippen LogP contribution in [0.15, 0.2) is 11.6 Å². The Morgan fingerprint density at radius 1 is 1.24 bits per heavy atom. The van der Waals surface area contributed by atoms with Gasteiger partial charge < -0.3 is 10.1 Å². The number of carbonyl (C=O) groups excluding carboxylic acids is 1. The van der Waals surface area contributed by atoms with E-state index in [1.54, 1.807) is 0 Å². The molecule has 1 rings (SSSR count). The molecule has 0 amide bonds. The Kier molecular flexibility index (Phi) is 4.03. The van der Waals surface area contributed by atoms with E-state index < -0.39 is 0 Å². The number of hydrogen-bond acceptors (Lipinski definition) is 3. The maximum Gasteiger partial charge on any atom is 0.333 e. The molecule has 0 aromatic carbocycles. The van der Waals surface area contributed by atoms with E-state index in [-0.39, 0.29) is 17.0 Å². The van der Waals surface area contributed by atoms with Crippen molar-refractivity contribution in [3.63, 3.8) is 0 Å². The molecular weight excluding hydrogens is 214 g/mol. The second-order valence-electron chi connectivity index (χ2n) is 6.40. The Morgan fingerprint density at radius 2 is 1.71 bits per heavy atom. The molecular formula is C14H25NO2. The number of hydrogen-bond donors (Lipinski definition) is 1.